The quantitative estimate of drug-likeness (QED) is 0.714. The van der Waals surface area contributed by atoms with Crippen molar-refractivity contribution in [3.05, 3.63) is 0 Å². The standard InChI is InChI=1S/C9H11F3N2O3/c1-5-8(17)13-6(15)4-14(5)7(16)2-3-9(10,11)12/h5H,2-4H2,1H3,(H,13,15,17). The summed E-state index contributed by atoms with van der Waals surface area (Å²) in [4.78, 5) is 34.5. The minimum absolute atomic E-state index is 0.385. The van der Waals surface area contributed by atoms with E-state index in [9.17, 15) is 27.6 Å². The number of halogens is 3. The van der Waals surface area contributed by atoms with Crippen LogP contribution in [0, 0.1) is 0 Å². The first-order valence-corrected chi connectivity index (χ1v) is 4.90. The van der Waals surface area contributed by atoms with Crippen LogP contribution in [0.4, 0.5) is 13.2 Å². The van der Waals surface area contributed by atoms with Crippen LogP contribution in [-0.2, 0) is 14.4 Å². The number of imide groups is 1. The monoisotopic (exact) mass is 252 g/mol. The first kappa shape index (κ1) is 13.5. The molecule has 0 aromatic carbocycles. The molecule has 5 nitrogen and oxygen atoms in total. The zero-order valence-corrected chi connectivity index (χ0v) is 9.00. The van der Waals surface area contributed by atoms with Crippen LogP contribution < -0.4 is 5.32 Å². The zero-order chi connectivity index (χ0) is 13.2. The van der Waals surface area contributed by atoms with Gasteiger partial charge >= 0.3 is 6.18 Å². The maximum atomic E-state index is 11.9. The number of carbonyl (C=O) groups excluding carboxylic acids is 3. The predicted octanol–water partition coefficient (Wildman–Crippen LogP) is 0.202. The summed E-state index contributed by atoms with van der Waals surface area (Å²) in [6.45, 7) is 0.969. The molecule has 96 valence electrons. The van der Waals surface area contributed by atoms with Crippen LogP contribution in [0.3, 0.4) is 0 Å². The molecule has 0 bridgehead atoms. The predicted molar refractivity (Wildman–Crippen MR) is 49.6 cm³/mol. The normalized spacial score (nSPS) is 21.4. The van der Waals surface area contributed by atoms with Crippen molar-refractivity contribution in [3.8, 4) is 0 Å². The van der Waals surface area contributed by atoms with Gasteiger partial charge in [-0.25, -0.2) is 0 Å². The fourth-order valence-electron chi connectivity index (χ4n) is 1.41. The number of nitrogens with zero attached hydrogens (tertiary/aromatic N) is 1. The molecular formula is C9H11F3N2O3. The number of rotatable bonds is 2. The van der Waals surface area contributed by atoms with E-state index in [2.05, 4.69) is 0 Å². The highest BCUT2D eigenvalue weighted by molar-refractivity contribution is 6.04. The Labute approximate surface area is 94.9 Å². The van der Waals surface area contributed by atoms with Crippen molar-refractivity contribution in [3.63, 3.8) is 0 Å². The fourth-order valence-corrected chi connectivity index (χ4v) is 1.41. The van der Waals surface area contributed by atoms with E-state index < -0.39 is 42.8 Å². The summed E-state index contributed by atoms with van der Waals surface area (Å²) in [5, 5.41) is 1.99. The highest BCUT2D eigenvalue weighted by Crippen LogP contribution is 2.22. The first-order valence-electron chi connectivity index (χ1n) is 4.90. The van der Waals surface area contributed by atoms with Crippen LogP contribution >= 0.6 is 0 Å². The van der Waals surface area contributed by atoms with Crippen molar-refractivity contribution in [2.24, 2.45) is 0 Å². The van der Waals surface area contributed by atoms with E-state index in [0.717, 1.165) is 4.90 Å². The van der Waals surface area contributed by atoms with Crippen molar-refractivity contribution in [2.45, 2.75) is 32.0 Å². The van der Waals surface area contributed by atoms with Gasteiger partial charge in [-0.15, -0.1) is 0 Å². The summed E-state index contributed by atoms with van der Waals surface area (Å²) < 4.78 is 35.8. The van der Waals surface area contributed by atoms with Gasteiger partial charge in [0.2, 0.25) is 17.7 Å². The molecule has 0 aliphatic carbocycles. The second-order valence-corrected chi connectivity index (χ2v) is 3.73. The lowest BCUT2D eigenvalue weighted by atomic mass is 10.1. The Morgan fingerprint density at radius 3 is 2.59 bits per heavy atom. The molecule has 1 rings (SSSR count). The second kappa shape index (κ2) is 4.72. The van der Waals surface area contributed by atoms with Crippen LogP contribution in [0.25, 0.3) is 0 Å². The Hall–Kier alpha value is -1.60. The average Bonchev–Trinajstić information content (AvgIpc) is 2.19. The van der Waals surface area contributed by atoms with Gasteiger partial charge in [-0.3, -0.25) is 19.7 Å². The third-order valence-corrected chi connectivity index (χ3v) is 2.37. The Morgan fingerprint density at radius 1 is 1.47 bits per heavy atom. The summed E-state index contributed by atoms with van der Waals surface area (Å²) in [6, 6.07) is -0.923. The SMILES string of the molecule is CC1C(=O)NC(=O)CN1C(=O)CCC(F)(F)F. The largest absolute Gasteiger partial charge is 0.389 e. The minimum Gasteiger partial charge on any atom is -0.322 e. The average molecular weight is 252 g/mol. The van der Waals surface area contributed by atoms with Crippen LogP contribution in [0.2, 0.25) is 0 Å². The summed E-state index contributed by atoms with van der Waals surface area (Å²) in [5.74, 6) is -2.21. The van der Waals surface area contributed by atoms with Gasteiger partial charge in [0, 0.05) is 6.42 Å². The molecule has 1 N–H and O–H groups in total. The van der Waals surface area contributed by atoms with Crippen molar-refractivity contribution >= 4 is 17.7 Å². The van der Waals surface area contributed by atoms with E-state index in [1.165, 1.54) is 6.92 Å². The molecule has 1 aliphatic rings. The molecule has 8 heteroatoms. The van der Waals surface area contributed by atoms with E-state index in [1.807, 2.05) is 5.32 Å². The lowest BCUT2D eigenvalue weighted by Gasteiger charge is -2.31. The van der Waals surface area contributed by atoms with Crippen molar-refractivity contribution in [2.75, 3.05) is 6.54 Å². The van der Waals surface area contributed by atoms with Crippen molar-refractivity contribution in [1.82, 2.24) is 10.2 Å². The fraction of sp³-hybridized carbons (Fsp3) is 0.667. The van der Waals surface area contributed by atoms with Gasteiger partial charge in [-0.1, -0.05) is 0 Å². The molecular weight excluding hydrogens is 241 g/mol. The van der Waals surface area contributed by atoms with Gasteiger partial charge in [0.05, 0.1) is 6.42 Å². The molecule has 1 atom stereocenters. The highest BCUT2D eigenvalue weighted by Gasteiger charge is 2.35. The molecule has 0 spiro atoms. The maximum absolute atomic E-state index is 11.9. The number of piperazine rings is 1. The number of hydrogen-bond donors (Lipinski definition) is 1. The molecule has 0 radical (unpaired) electrons. The Balaban J connectivity index is 2.61. The Bertz CT molecular complexity index is 354. The number of nitrogens with one attached hydrogen (secondary N) is 1. The lowest BCUT2D eigenvalue weighted by molar-refractivity contribution is -0.155. The molecule has 1 fully saturated rings. The van der Waals surface area contributed by atoms with Gasteiger partial charge in [0.1, 0.15) is 12.6 Å². The lowest BCUT2D eigenvalue weighted by Crippen LogP contribution is -2.58. The molecule has 1 aliphatic heterocycles. The smallest absolute Gasteiger partial charge is 0.322 e. The van der Waals surface area contributed by atoms with Gasteiger partial charge < -0.3 is 4.90 Å². The molecule has 0 aromatic rings. The van der Waals surface area contributed by atoms with E-state index in [1.54, 1.807) is 0 Å². The van der Waals surface area contributed by atoms with Crippen LogP contribution in [-0.4, -0.2) is 41.4 Å². The molecule has 1 heterocycles. The van der Waals surface area contributed by atoms with Crippen molar-refractivity contribution in [1.29, 1.82) is 0 Å². The van der Waals surface area contributed by atoms with Crippen LogP contribution in [0.1, 0.15) is 19.8 Å². The van der Waals surface area contributed by atoms with E-state index in [-0.39, 0.29) is 6.54 Å². The number of hydrogen-bond acceptors (Lipinski definition) is 3. The third kappa shape index (κ3) is 3.72. The van der Waals surface area contributed by atoms with Crippen LogP contribution in [0.15, 0.2) is 0 Å². The molecule has 1 saturated heterocycles. The minimum atomic E-state index is -4.43. The molecule has 3 amide bonds. The number of alkyl halides is 3. The number of amides is 3. The van der Waals surface area contributed by atoms with Gasteiger partial charge in [-0.05, 0) is 6.92 Å². The first-order chi connectivity index (χ1) is 7.70. The maximum Gasteiger partial charge on any atom is 0.389 e. The van der Waals surface area contributed by atoms with E-state index in [0.29, 0.717) is 0 Å². The molecule has 0 aromatic heterocycles. The molecule has 0 saturated carbocycles. The zero-order valence-electron chi connectivity index (χ0n) is 9.00. The second-order valence-electron chi connectivity index (χ2n) is 3.73. The summed E-state index contributed by atoms with van der Waals surface area (Å²) >= 11 is 0. The van der Waals surface area contributed by atoms with Gasteiger partial charge in [0.15, 0.2) is 0 Å². The van der Waals surface area contributed by atoms with Crippen LogP contribution in [0.5, 0.6) is 0 Å². The van der Waals surface area contributed by atoms with E-state index in [4.69, 9.17) is 0 Å². The Morgan fingerprint density at radius 2 is 2.06 bits per heavy atom. The van der Waals surface area contributed by atoms with E-state index >= 15 is 0 Å². The highest BCUT2D eigenvalue weighted by atomic mass is 19.4. The van der Waals surface area contributed by atoms with Crippen molar-refractivity contribution < 1.29 is 27.6 Å². The number of carbonyl (C=O) groups is 3. The molecule has 17 heavy (non-hydrogen) atoms. The summed E-state index contributed by atoms with van der Waals surface area (Å²) in [5.41, 5.74) is 0. The Kier molecular flexibility index (Phi) is 3.74. The third-order valence-electron chi connectivity index (χ3n) is 2.37. The summed E-state index contributed by atoms with van der Waals surface area (Å²) in [7, 11) is 0. The topological polar surface area (TPSA) is 66.5 Å². The van der Waals surface area contributed by atoms with Gasteiger partial charge in [-0.2, -0.15) is 13.2 Å². The molecule has 1 unspecified atom stereocenters. The van der Waals surface area contributed by atoms with Gasteiger partial charge in [0.25, 0.3) is 0 Å². The summed E-state index contributed by atoms with van der Waals surface area (Å²) in [6.07, 6.45) is -6.44.